The maximum absolute atomic E-state index is 4.59. The van der Waals surface area contributed by atoms with Gasteiger partial charge in [0.05, 0.1) is 5.69 Å². The predicted molar refractivity (Wildman–Crippen MR) is 84.9 cm³/mol. The van der Waals surface area contributed by atoms with Crippen molar-refractivity contribution in [1.82, 2.24) is 15.1 Å². The minimum absolute atomic E-state index is 0.623. The fourth-order valence-electron chi connectivity index (χ4n) is 3.54. The van der Waals surface area contributed by atoms with E-state index >= 15 is 0 Å². The molecule has 1 saturated carbocycles. The van der Waals surface area contributed by atoms with Crippen LogP contribution in [0.1, 0.15) is 63.8 Å². The first-order valence-corrected chi connectivity index (χ1v) is 8.49. The Morgan fingerprint density at radius 3 is 2.50 bits per heavy atom. The fourth-order valence-corrected chi connectivity index (χ4v) is 3.54. The molecule has 1 aromatic rings. The summed E-state index contributed by atoms with van der Waals surface area (Å²) in [6.07, 6.45) is 10.6. The molecule has 0 amide bonds. The third-order valence-corrected chi connectivity index (χ3v) is 4.75. The second kappa shape index (κ2) is 7.82. The molecule has 1 N–H and O–H groups in total. The fraction of sp³-hybridized carbons (Fsp3) is 0.824. The summed E-state index contributed by atoms with van der Waals surface area (Å²) >= 11 is 0. The van der Waals surface area contributed by atoms with E-state index in [1.807, 2.05) is 0 Å². The molecule has 1 aliphatic carbocycles. The molecule has 1 aromatic heterocycles. The van der Waals surface area contributed by atoms with Crippen molar-refractivity contribution in [3.63, 3.8) is 0 Å². The number of nitrogens with one attached hydrogen (secondary N) is 1. The number of hydrogen-bond acceptors (Lipinski definition) is 2. The molecule has 2 rings (SSSR count). The molecule has 114 valence electrons. The molecule has 0 radical (unpaired) electrons. The molecule has 0 aliphatic heterocycles. The van der Waals surface area contributed by atoms with E-state index in [9.17, 15) is 0 Å². The lowest BCUT2D eigenvalue weighted by Crippen LogP contribution is -2.38. The molecule has 1 heterocycles. The predicted octanol–water partition coefficient (Wildman–Crippen LogP) is 3.47. The Morgan fingerprint density at radius 1 is 1.25 bits per heavy atom. The van der Waals surface area contributed by atoms with Gasteiger partial charge in [-0.25, -0.2) is 0 Å². The lowest BCUT2D eigenvalue weighted by Gasteiger charge is -2.27. The maximum Gasteiger partial charge on any atom is 0.0624 e. The van der Waals surface area contributed by atoms with Gasteiger partial charge in [-0.1, -0.05) is 39.5 Å². The van der Waals surface area contributed by atoms with Crippen LogP contribution in [0.25, 0.3) is 0 Å². The molecular formula is C17H31N3. The van der Waals surface area contributed by atoms with Crippen molar-refractivity contribution < 1.29 is 0 Å². The van der Waals surface area contributed by atoms with Crippen molar-refractivity contribution >= 4 is 0 Å². The molecule has 0 saturated heterocycles. The highest BCUT2D eigenvalue weighted by molar-refractivity contribution is 5.12. The van der Waals surface area contributed by atoms with E-state index in [1.165, 1.54) is 49.9 Å². The molecule has 20 heavy (non-hydrogen) atoms. The van der Waals surface area contributed by atoms with Crippen LogP contribution < -0.4 is 5.32 Å². The highest BCUT2D eigenvalue weighted by Crippen LogP contribution is 2.27. The van der Waals surface area contributed by atoms with Crippen molar-refractivity contribution in [2.24, 2.45) is 13.0 Å². The van der Waals surface area contributed by atoms with Crippen molar-refractivity contribution in [2.45, 2.75) is 71.3 Å². The Balaban J connectivity index is 2.05. The van der Waals surface area contributed by atoms with Crippen LogP contribution in [0.15, 0.2) is 6.07 Å². The number of rotatable bonds is 6. The van der Waals surface area contributed by atoms with Gasteiger partial charge in [0.1, 0.15) is 0 Å². The summed E-state index contributed by atoms with van der Waals surface area (Å²) in [5.74, 6) is 0.845. The lowest BCUT2D eigenvalue weighted by atomic mass is 9.89. The molecular weight excluding hydrogens is 246 g/mol. The molecule has 0 spiro atoms. The topological polar surface area (TPSA) is 29.9 Å². The van der Waals surface area contributed by atoms with Crippen LogP contribution in [0.4, 0.5) is 0 Å². The first-order chi connectivity index (χ1) is 9.74. The van der Waals surface area contributed by atoms with Crippen molar-refractivity contribution in [2.75, 3.05) is 6.54 Å². The van der Waals surface area contributed by atoms with E-state index in [-0.39, 0.29) is 0 Å². The molecule has 1 fully saturated rings. The summed E-state index contributed by atoms with van der Waals surface area (Å²) in [6, 6.07) is 2.92. The Hall–Kier alpha value is -0.830. The van der Waals surface area contributed by atoms with Crippen LogP contribution in [-0.4, -0.2) is 22.4 Å². The van der Waals surface area contributed by atoms with Crippen LogP contribution in [0.2, 0.25) is 0 Å². The zero-order valence-electron chi connectivity index (χ0n) is 13.5. The van der Waals surface area contributed by atoms with Crippen molar-refractivity contribution in [1.29, 1.82) is 0 Å². The third kappa shape index (κ3) is 4.08. The quantitative estimate of drug-likeness (QED) is 0.807. The van der Waals surface area contributed by atoms with Gasteiger partial charge >= 0.3 is 0 Å². The minimum atomic E-state index is 0.623. The first-order valence-electron chi connectivity index (χ1n) is 8.49. The van der Waals surface area contributed by atoms with Crippen LogP contribution in [-0.2, 0) is 19.9 Å². The van der Waals surface area contributed by atoms with Gasteiger partial charge < -0.3 is 5.32 Å². The van der Waals surface area contributed by atoms with Crippen molar-refractivity contribution in [3.8, 4) is 0 Å². The Labute approximate surface area is 124 Å². The average molecular weight is 277 g/mol. The summed E-state index contributed by atoms with van der Waals surface area (Å²) in [5, 5.41) is 8.34. The lowest BCUT2D eigenvalue weighted by molar-refractivity contribution is 0.317. The SMILES string of the molecule is CCNC(Cc1cc(CC)nn1C)C1CCCCCC1. The van der Waals surface area contributed by atoms with Crippen molar-refractivity contribution in [3.05, 3.63) is 17.5 Å². The van der Waals surface area contributed by atoms with E-state index < -0.39 is 0 Å². The van der Waals surface area contributed by atoms with Gasteiger partial charge in [-0.2, -0.15) is 5.10 Å². The van der Waals surface area contributed by atoms with Crippen LogP contribution >= 0.6 is 0 Å². The largest absolute Gasteiger partial charge is 0.314 e. The van der Waals surface area contributed by atoms with E-state index in [0.29, 0.717) is 6.04 Å². The monoisotopic (exact) mass is 277 g/mol. The second-order valence-corrected chi connectivity index (χ2v) is 6.22. The maximum atomic E-state index is 4.59. The van der Waals surface area contributed by atoms with Gasteiger partial charge in [0.2, 0.25) is 0 Å². The zero-order chi connectivity index (χ0) is 14.4. The first kappa shape index (κ1) is 15.6. The smallest absolute Gasteiger partial charge is 0.0624 e. The van der Waals surface area contributed by atoms with Gasteiger partial charge in [-0.3, -0.25) is 4.68 Å². The molecule has 1 atom stereocenters. The van der Waals surface area contributed by atoms with Gasteiger partial charge in [0.25, 0.3) is 0 Å². The molecule has 3 heteroatoms. The van der Waals surface area contributed by atoms with E-state index in [1.54, 1.807) is 0 Å². The Kier molecular flexibility index (Phi) is 6.08. The van der Waals surface area contributed by atoms with E-state index in [0.717, 1.165) is 25.3 Å². The number of hydrogen-bond donors (Lipinski definition) is 1. The van der Waals surface area contributed by atoms with E-state index in [2.05, 4.69) is 42.1 Å². The van der Waals surface area contributed by atoms with Gasteiger partial charge in [-0.05, 0) is 37.8 Å². The minimum Gasteiger partial charge on any atom is -0.314 e. The highest BCUT2D eigenvalue weighted by atomic mass is 15.3. The standard InChI is InChI=1S/C17H31N3/c1-4-15-12-16(20(3)19-15)13-17(18-5-2)14-10-8-6-7-9-11-14/h12,14,17-18H,4-11,13H2,1-3H3. The molecule has 3 nitrogen and oxygen atoms in total. The number of likely N-dealkylation sites (N-methyl/N-ethyl adjacent to an activating group) is 1. The van der Waals surface area contributed by atoms with Gasteiger partial charge in [0.15, 0.2) is 0 Å². The highest BCUT2D eigenvalue weighted by Gasteiger charge is 2.23. The third-order valence-electron chi connectivity index (χ3n) is 4.75. The average Bonchev–Trinajstić information content (AvgIpc) is 2.67. The zero-order valence-corrected chi connectivity index (χ0v) is 13.5. The number of aromatic nitrogens is 2. The Morgan fingerprint density at radius 2 is 1.95 bits per heavy atom. The van der Waals surface area contributed by atoms with Gasteiger partial charge in [-0.15, -0.1) is 0 Å². The number of aryl methyl sites for hydroxylation is 2. The summed E-state index contributed by atoms with van der Waals surface area (Å²) in [7, 11) is 2.09. The summed E-state index contributed by atoms with van der Waals surface area (Å²) in [6.45, 7) is 5.48. The summed E-state index contributed by atoms with van der Waals surface area (Å²) in [5.41, 5.74) is 2.61. The molecule has 0 bridgehead atoms. The molecule has 1 unspecified atom stereocenters. The summed E-state index contributed by atoms with van der Waals surface area (Å²) < 4.78 is 2.08. The Bertz CT molecular complexity index is 389. The number of nitrogens with zero attached hydrogens (tertiary/aromatic N) is 2. The summed E-state index contributed by atoms with van der Waals surface area (Å²) in [4.78, 5) is 0. The van der Waals surface area contributed by atoms with Crippen LogP contribution in [0.3, 0.4) is 0 Å². The van der Waals surface area contributed by atoms with Crippen LogP contribution in [0.5, 0.6) is 0 Å². The van der Waals surface area contributed by atoms with E-state index in [4.69, 9.17) is 0 Å². The van der Waals surface area contributed by atoms with Gasteiger partial charge in [0, 0.05) is 25.2 Å². The molecule has 1 aliphatic rings. The van der Waals surface area contributed by atoms with Crippen LogP contribution in [0, 0.1) is 5.92 Å². The second-order valence-electron chi connectivity index (χ2n) is 6.22. The normalized spacial score (nSPS) is 18.9. The molecule has 0 aromatic carbocycles.